The third-order valence-electron chi connectivity index (χ3n) is 4.21. The van der Waals surface area contributed by atoms with Crippen LogP contribution in [-0.2, 0) is 0 Å². The highest BCUT2D eigenvalue weighted by atomic mass is 35.5. The Kier molecular flexibility index (Phi) is 6.12. The summed E-state index contributed by atoms with van der Waals surface area (Å²) < 4.78 is 5.20. The van der Waals surface area contributed by atoms with Crippen LogP contribution >= 0.6 is 11.6 Å². The predicted octanol–water partition coefficient (Wildman–Crippen LogP) is 2.58. The Labute approximate surface area is 157 Å². The molecule has 7 nitrogen and oxygen atoms in total. The number of carbonyl (C=O) groups excluding carboxylic acids is 1. The average Bonchev–Trinajstić information content (AvgIpc) is 3.20. The van der Waals surface area contributed by atoms with Crippen molar-refractivity contribution in [2.75, 3.05) is 43.5 Å². The van der Waals surface area contributed by atoms with Crippen LogP contribution in [0, 0.1) is 0 Å². The molecular weight excluding hydrogens is 354 g/mol. The van der Waals surface area contributed by atoms with E-state index in [1.54, 1.807) is 24.5 Å². The van der Waals surface area contributed by atoms with Crippen LogP contribution in [0.25, 0.3) is 0 Å². The molecule has 3 rings (SSSR count). The van der Waals surface area contributed by atoms with Gasteiger partial charge in [0.2, 0.25) is 0 Å². The minimum atomic E-state index is -0.230. The summed E-state index contributed by atoms with van der Waals surface area (Å²) in [6.07, 6.45) is 3.96. The monoisotopic (exact) mass is 375 g/mol. The number of rotatable bonds is 7. The number of methoxy groups -OCH3 is 1. The van der Waals surface area contributed by atoms with Gasteiger partial charge >= 0.3 is 0 Å². The minimum Gasteiger partial charge on any atom is -0.496 e. The van der Waals surface area contributed by atoms with Crippen LogP contribution in [0.1, 0.15) is 23.2 Å². The van der Waals surface area contributed by atoms with Crippen LogP contribution in [0.5, 0.6) is 5.75 Å². The summed E-state index contributed by atoms with van der Waals surface area (Å²) in [5, 5.41) is 6.54. The van der Waals surface area contributed by atoms with Crippen LogP contribution in [0.15, 0.2) is 30.6 Å². The van der Waals surface area contributed by atoms with E-state index in [9.17, 15) is 4.79 Å². The molecule has 1 aromatic carbocycles. The van der Waals surface area contributed by atoms with Crippen molar-refractivity contribution in [3.8, 4) is 5.75 Å². The first-order valence-corrected chi connectivity index (χ1v) is 8.98. The highest BCUT2D eigenvalue weighted by Gasteiger charge is 2.14. The zero-order valence-corrected chi connectivity index (χ0v) is 15.4. The van der Waals surface area contributed by atoms with Gasteiger partial charge in [0.15, 0.2) is 0 Å². The molecule has 8 heteroatoms. The number of anilines is 2. The van der Waals surface area contributed by atoms with Crippen molar-refractivity contribution in [2.45, 2.75) is 12.8 Å². The van der Waals surface area contributed by atoms with Crippen LogP contribution in [-0.4, -0.2) is 49.2 Å². The lowest BCUT2D eigenvalue weighted by Crippen LogP contribution is -2.29. The Morgan fingerprint density at radius 2 is 2.04 bits per heavy atom. The molecular formula is C18H22ClN5O2. The molecule has 0 radical (unpaired) electrons. The van der Waals surface area contributed by atoms with E-state index in [-0.39, 0.29) is 5.91 Å². The lowest BCUT2D eigenvalue weighted by Gasteiger charge is -2.16. The summed E-state index contributed by atoms with van der Waals surface area (Å²) in [4.78, 5) is 23.1. The van der Waals surface area contributed by atoms with Gasteiger partial charge in [-0.15, -0.1) is 0 Å². The van der Waals surface area contributed by atoms with Gasteiger partial charge < -0.3 is 20.3 Å². The quantitative estimate of drug-likeness (QED) is 0.724. The molecule has 1 aliphatic rings. The number of halogens is 1. The molecule has 2 heterocycles. The first kappa shape index (κ1) is 18.3. The van der Waals surface area contributed by atoms with Gasteiger partial charge in [-0.25, -0.2) is 9.97 Å². The molecule has 26 heavy (non-hydrogen) atoms. The molecule has 1 amide bonds. The summed E-state index contributed by atoms with van der Waals surface area (Å²) >= 11 is 5.96. The Bertz CT molecular complexity index is 765. The fraction of sp³-hybridized carbons (Fsp3) is 0.389. The van der Waals surface area contributed by atoms with Gasteiger partial charge in [-0.3, -0.25) is 4.79 Å². The van der Waals surface area contributed by atoms with E-state index in [4.69, 9.17) is 16.3 Å². The lowest BCUT2D eigenvalue weighted by molar-refractivity contribution is 0.0952. The number of nitrogens with one attached hydrogen (secondary N) is 2. The number of hydrogen-bond acceptors (Lipinski definition) is 6. The maximum atomic E-state index is 12.3. The molecule has 0 saturated carbocycles. The van der Waals surface area contributed by atoms with Gasteiger partial charge in [-0.2, -0.15) is 0 Å². The Morgan fingerprint density at radius 3 is 2.81 bits per heavy atom. The second-order valence-corrected chi connectivity index (χ2v) is 6.42. The normalized spacial score (nSPS) is 13.5. The molecule has 1 fully saturated rings. The van der Waals surface area contributed by atoms with E-state index in [0.717, 1.165) is 24.7 Å². The van der Waals surface area contributed by atoms with Crippen molar-refractivity contribution in [2.24, 2.45) is 0 Å². The summed E-state index contributed by atoms with van der Waals surface area (Å²) in [6.45, 7) is 3.06. The van der Waals surface area contributed by atoms with Crippen LogP contribution in [0.3, 0.4) is 0 Å². The van der Waals surface area contributed by atoms with Crippen molar-refractivity contribution in [3.05, 3.63) is 41.2 Å². The molecule has 0 unspecified atom stereocenters. The Hall–Kier alpha value is -2.54. The first-order chi connectivity index (χ1) is 12.7. The number of amides is 1. The van der Waals surface area contributed by atoms with Crippen molar-refractivity contribution in [1.29, 1.82) is 0 Å². The summed E-state index contributed by atoms with van der Waals surface area (Å²) in [5.41, 5.74) is 0.415. The molecule has 2 aromatic rings. The van der Waals surface area contributed by atoms with Gasteiger partial charge in [0.1, 0.15) is 23.7 Å². The predicted molar refractivity (Wildman–Crippen MR) is 102 cm³/mol. The van der Waals surface area contributed by atoms with Crippen molar-refractivity contribution < 1.29 is 9.53 Å². The van der Waals surface area contributed by atoms with Gasteiger partial charge in [0.25, 0.3) is 5.91 Å². The van der Waals surface area contributed by atoms with E-state index < -0.39 is 0 Å². The Balaban J connectivity index is 1.50. The SMILES string of the molecule is COc1ccc(Cl)cc1C(=O)NCCNc1cc(N2CCCC2)ncn1. The number of nitrogens with zero attached hydrogens (tertiary/aromatic N) is 3. The van der Waals surface area contributed by atoms with E-state index in [0.29, 0.717) is 29.4 Å². The number of benzene rings is 1. The third-order valence-corrected chi connectivity index (χ3v) is 4.44. The third kappa shape index (κ3) is 4.54. The molecule has 2 N–H and O–H groups in total. The van der Waals surface area contributed by atoms with Gasteiger partial charge in [-0.05, 0) is 31.0 Å². The number of ether oxygens (including phenoxy) is 1. The summed E-state index contributed by atoms with van der Waals surface area (Å²) in [7, 11) is 1.52. The molecule has 0 spiro atoms. The van der Waals surface area contributed by atoms with Crippen LogP contribution in [0.2, 0.25) is 5.02 Å². The van der Waals surface area contributed by atoms with Crippen LogP contribution in [0.4, 0.5) is 11.6 Å². The van der Waals surface area contributed by atoms with E-state index in [1.807, 2.05) is 6.07 Å². The highest BCUT2D eigenvalue weighted by molar-refractivity contribution is 6.31. The standard InChI is InChI=1S/C18H22ClN5O2/c1-26-15-5-4-13(19)10-14(15)18(25)21-7-6-20-16-11-17(23-12-22-16)24-8-2-3-9-24/h4-5,10-12H,2-3,6-9H2,1H3,(H,21,25)(H,20,22,23). The maximum Gasteiger partial charge on any atom is 0.255 e. The zero-order chi connectivity index (χ0) is 18.4. The van der Waals surface area contributed by atoms with E-state index >= 15 is 0 Å². The average molecular weight is 376 g/mol. The fourth-order valence-corrected chi connectivity index (χ4v) is 3.05. The minimum absolute atomic E-state index is 0.230. The van der Waals surface area contributed by atoms with Gasteiger partial charge in [-0.1, -0.05) is 11.6 Å². The lowest BCUT2D eigenvalue weighted by atomic mass is 10.2. The van der Waals surface area contributed by atoms with E-state index in [2.05, 4.69) is 25.5 Å². The van der Waals surface area contributed by atoms with Crippen molar-refractivity contribution in [1.82, 2.24) is 15.3 Å². The highest BCUT2D eigenvalue weighted by Crippen LogP contribution is 2.22. The zero-order valence-electron chi connectivity index (χ0n) is 14.7. The summed E-state index contributed by atoms with van der Waals surface area (Å²) in [5.74, 6) is 1.95. The van der Waals surface area contributed by atoms with Crippen molar-refractivity contribution in [3.63, 3.8) is 0 Å². The number of aromatic nitrogens is 2. The Morgan fingerprint density at radius 1 is 1.23 bits per heavy atom. The number of hydrogen-bond donors (Lipinski definition) is 2. The maximum absolute atomic E-state index is 12.3. The second kappa shape index (κ2) is 8.71. The largest absolute Gasteiger partial charge is 0.496 e. The summed E-state index contributed by atoms with van der Waals surface area (Å²) in [6, 6.07) is 6.89. The smallest absolute Gasteiger partial charge is 0.255 e. The number of carbonyl (C=O) groups is 1. The molecule has 1 aliphatic heterocycles. The van der Waals surface area contributed by atoms with E-state index in [1.165, 1.54) is 20.0 Å². The first-order valence-electron chi connectivity index (χ1n) is 8.60. The van der Waals surface area contributed by atoms with Gasteiger partial charge in [0.05, 0.1) is 12.7 Å². The van der Waals surface area contributed by atoms with Crippen LogP contribution < -0.4 is 20.3 Å². The molecule has 0 bridgehead atoms. The fourth-order valence-electron chi connectivity index (χ4n) is 2.88. The molecule has 0 atom stereocenters. The molecule has 1 aromatic heterocycles. The second-order valence-electron chi connectivity index (χ2n) is 5.98. The van der Waals surface area contributed by atoms with Gasteiger partial charge in [0, 0.05) is 37.3 Å². The molecule has 0 aliphatic carbocycles. The van der Waals surface area contributed by atoms with Crippen molar-refractivity contribution >= 4 is 29.1 Å². The molecule has 1 saturated heterocycles. The topological polar surface area (TPSA) is 79.4 Å². The molecule has 138 valence electrons.